The summed E-state index contributed by atoms with van der Waals surface area (Å²) in [6.07, 6.45) is 6.95. The number of nitrogens with one attached hydrogen (secondary N) is 2. The first-order valence-electron chi connectivity index (χ1n) is 7.55. The van der Waals surface area contributed by atoms with Crippen LogP contribution in [-0.2, 0) is 0 Å². The van der Waals surface area contributed by atoms with Crippen LogP contribution in [0.4, 0.5) is 10.5 Å². The molecule has 0 aliphatic heterocycles. The lowest BCUT2D eigenvalue weighted by molar-refractivity contribution is 0.251. The molecule has 0 fully saturated rings. The van der Waals surface area contributed by atoms with Crippen LogP contribution in [0.15, 0.2) is 43.0 Å². The van der Waals surface area contributed by atoms with E-state index in [4.69, 9.17) is 0 Å². The maximum absolute atomic E-state index is 12.0. The number of thiazole rings is 1. The summed E-state index contributed by atoms with van der Waals surface area (Å²) >= 11 is 1.65. The third-order valence-corrected chi connectivity index (χ3v) is 4.52. The third kappa shape index (κ3) is 3.96. The normalized spacial score (nSPS) is 11.9. The minimum Gasteiger partial charge on any atom is -0.337 e. The van der Waals surface area contributed by atoms with E-state index in [2.05, 4.69) is 25.7 Å². The predicted octanol–water partition coefficient (Wildman–Crippen LogP) is 2.96. The second-order valence-corrected chi connectivity index (χ2v) is 6.67. The molecule has 3 rings (SSSR count). The Balaban J connectivity index is 1.51. The zero-order chi connectivity index (χ0) is 16.9. The van der Waals surface area contributed by atoms with Crippen molar-refractivity contribution >= 4 is 23.1 Å². The lowest BCUT2D eigenvalue weighted by atomic mass is 10.2. The molecule has 0 saturated carbocycles. The number of rotatable bonds is 5. The zero-order valence-corrected chi connectivity index (χ0v) is 14.2. The number of aryl methyl sites for hydroxylation is 1. The highest BCUT2D eigenvalue weighted by atomic mass is 32.1. The number of urea groups is 1. The molecule has 0 bridgehead atoms. The Morgan fingerprint density at radius 1 is 1.33 bits per heavy atom. The smallest absolute Gasteiger partial charge is 0.319 e. The Hall–Kier alpha value is -2.74. The zero-order valence-electron chi connectivity index (χ0n) is 13.4. The van der Waals surface area contributed by atoms with Crippen molar-refractivity contribution in [2.45, 2.75) is 19.8 Å². The number of nitrogens with zero attached hydrogens (tertiary/aromatic N) is 4. The second kappa shape index (κ2) is 7.22. The van der Waals surface area contributed by atoms with Gasteiger partial charge in [-0.05, 0) is 25.1 Å². The van der Waals surface area contributed by atoms with Gasteiger partial charge in [0.1, 0.15) is 0 Å². The van der Waals surface area contributed by atoms with Crippen LogP contribution in [0.1, 0.15) is 22.7 Å². The molecule has 0 aromatic carbocycles. The number of pyridine rings is 1. The Morgan fingerprint density at radius 2 is 2.21 bits per heavy atom. The van der Waals surface area contributed by atoms with Crippen LogP contribution in [0.5, 0.6) is 0 Å². The van der Waals surface area contributed by atoms with E-state index in [-0.39, 0.29) is 11.9 Å². The number of hydrogen-bond donors (Lipinski definition) is 2. The summed E-state index contributed by atoms with van der Waals surface area (Å²) in [5.74, 6) is 0.869. The van der Waals surface area contributed by atoms with Crippen LogP contribution < -0.4 is 10.6 Å². The first kappa shape index (κ1) is 16.1. The lowest BCUT2D eigenvalue weighted by Gasteiger charge is -2.11. The van der Waals surface area contributed by atoms with E-state index in [1.165, 1.54) is 4.88 Å². The first-order valence-corrected chi connectivity index (χ1v) is 8.37. The van der Waals surface area contributed by atoms with Gasteiger partial charge in [-0.25, -0.2) is 19.4 Å². The molecule has 1 unspecified atom stereocenters. The number of aromatic nitrogens is 4. The molecule has 2 N–H and O–H groups in total. The molecule has 3 aromatic rings. The van der Waals surface area contributed by atoms with E-state index in [0.29, 0.717) is 18.1 Å². The summed E-state index contributed by atoms with van der Waals surface area (Å²) in [4.78, 5) is 21.8. The summed E-state index contributed by atoms with van der Waals surface area (Å²) in [6.45, 7) is 4.59. The van der Waals surface area contributed by atoms with E-state index < -0.39 is 0 Å². The highest BCUT2D eigenvalue weighted by Gasteiger charge is 2.11. The van der Waals surface area contributed by atoms with Crippen molar-refractivity contribution in [1.29, 1.82) is 0 Å². The van der Waals surface area contributed by atoms with Gasteiger partial charge in [-0.15, -0.1) is 11.3 Å². The lowest BCUT2D eigenvalue weighted by Crippen LogP contribution is -2.31. The molecule has 3 heterocycles. The summed E-state index contributed by atoms with van der Waals surface area (Å²) in [5, 5.41) is 10.8. The van der Waals surface area contributed by atoms with Crippen LogP contribution in [-0.4, -0.2) is 32.3 Å². The van der Waals surface area contributed by atoms with Crippen LogP contribution in [0.3, 0.4) is 0 Å². The predicted molar refractivity (Wildman–Crippen MR) is 93.6 cm³/mol. The average molecular weight is 342 g/mol. The van der Waals surface area contributed by atoms with Crippen LogP contribution >= 0.6 is 11.3 Å². The summed E-state index contributed by atoms with van der Waals surface area (Å²) in [7, 11) is 0. The third-order valence-electron chi connectivity index (χ3n) is 3.37. The first-order chi connectivity index (χ1) is 11.6. The van der Waals surface area contributed by atoms with E-state index >= 15 is 0 Å². The van der Waals surface area contributed by atoms with Gasteiger partial charge in [-0.3, -0.25) is 0 Å². The average Bonchev–Trinajstić information content (AvgIpc) is 3.25. The van der Waals surface area contributed by atoms with Crippen molar-refractivity contribution in [2.75, 3.05) is 11.9 Å². The molecule has 24 heavy (non-hydrogen) atoms. The Labute approximate surface area is 143 Å². The SMILES string of the molecule is Cc1cnc(C(C)CNC(=O)Nc2ccc(-n3cccn3)nc2)s1. The van der Waals surface area contributed by atoms with Crippen molar-refractivity contribution in [1.82, 2.24) is 25.1 Å². The van der Waals surface area contributed by atoms with Gasteiger partial charge in [-0.2, -0.15) is 5.10 Å². The van der Waals surface area contributed by atoms with Crippen molar-refractivity contribution in [3.05, 3.63) is 52.9 Å². The number of carbonyl (C=O) groups is 1. The molecule has 0 radical (unpaired) electrons. The van der Waals surface area contributed by atoms with Gasteiger partial charge in [-0.1, -0.05) is 6.92 Å². The second-order valence-electron chi connectivity index (χ2n) is 5.40. The largest absolute Gasteiger partial charge is 0.337 e. The van der Waals surface area contributed by atoms with Gasteiger partial charge in [0.25, 0.3) is 0 Å². The molecular weight excluding hydrogens is 324 g/mol. The van der Waals surface area contributed by atoms with Gasteiger partial charge in [0.05, 0.1) is 16.9 Å². The minimum absolute atomic E-state index is 0.176. The van der Waals surface area contributed by atoms with Crippen molar-refractivity contribution in [3.8, 4) is 5.82 Å². The Morgan fingerprint density at radius 3 is 2.83 bits per heavy atom. The van der Waals surface area contributed by atoms with Crippen LogP contribution in [0.25, 0.3) is 5.82 Å². The van der Waals surface area contributed by atoms with E-state index in [0.717, 1.165) is 5.01 Å². The number of amides is 2. The summed E-state index contributed by atoms with van der Waals surface area (Å²) in [6, 6.07) is 5.15. The van der Waals surface area contributed by atoms with Crippen molar-refractivity contribution < 1.29 is 4.79 Å². The van der Waals surface area contributed by atoms with Crippen molar-refractivity contribution in [3.63, 3.8) is 0 Å². The Bertz CT molecular complexity index is 796. The topological polar surface area (TPSA) is 84.7 Å². The molecular formula is C16H18N6OS. The van der Waals surface area contributed by atoms with Gasteiger partial charge in [0.15, 0.2) is 5.82 Å². The molecule has 2 amide bonds. The molecule has 1 atom stereocenters. The molecule has 0 aliphatic carbocycles. The molecule has 124 valence electrons. The Kier molecular flexibility index (Phi) is 4.85. The number of carbonyl (C=O) groups excluding carboxylic acids is 1. The molecule has 0 saturated heterocycles. The van der Waals surface area contributed by atoms with Gasteiger partial charge in [0.2, 0.25) is 0 Å². The standard InChI is InChI=1S/C16H18N6OS/c1-11(15-18-9-12(2)24-15)8-19-16(23)21-13-4-5-14(17-10-13)22-7-3-6-20-22/h3-7,9-11H,8H2,1-2H3,(H2,19,21,23). The fourth-order valence-corrected chi connectivity index (χ4v) is 2.93. The molecule has 0 spiro atoms. The van der Waals surface area contributed by atoms with Gasteiger partial charge >= 0.3 is 6.03 Å². The maximum Gasteiger partial charge on any atom is 0.319 e. The van der Waals surface area contributed by atoms with Crippen LogP contribution in [0, 0.1) is 6.92 Å². The van der Waals surface area contributed by atoms with E-state index in [1.807, 2.05) is 32.3 Å². The van der Waals surface area contributed by atoms with Crippen LogP contribution in [0.2, 0.25) is 0 Å². The quantitative estimate of drug-likeness (QED) is 0.746. The monoisotopic (exact) mass is 342 g/mol. The molecule has 0 aliphatic rings. The van der Waals surface area contributed by atoms with Gasteiger partial charge in [0, 0.05) is 35.9 Å². The minimum atomic E-state index is -0.260. The molecule has 3 aromatic heterocycles. The fraction of sp³-hybridized carbons (Fsp3) is 0.250. The van der Waals surface area contributed by atoms with E-state index in [9.17, 15) is 4.79 Å². The number of hydrogen-bond acceptors (Lipinski definition) is 5. The van der Waals surface area contributed by atoms with E-state index in [1.54, 1.807) is 40.5 Å². The number of anilines is 1. The molecule has 7 nitrogen and oxygen atoms in total. The van der Waals surface area contributed by atoms with Gasteiger partial charge < -0.3 is 10.6 Å². The summed E-state index contributed by atoms with van der Waals surface area (Å²) in [5.41, 5.74) is 0.626. The summed E-state index contributed by atoms with van der Waals surface area (Å²) < 4.78 is 1.65. The highest BCUT2D eigenvalue weighted by molar-refractivity contribution is 7.11. The molecule has 8 heteroatoms. The highest BCUT2D eigenvalue weighted by Crippen LogP contribution is 2.20. The maximum atomic E-state index is 12.0. The van der Waals surface area contributed by atoms with Crippen molar-refractivity contribution in [2.24, 2.45) is 0 Å². The fourth-order valence-electron chi connectivity index (χ4n) is 2.11.